The highest BCUT2D eigenvalue weighted by Crippen LogP contribution is 2.42. The number of carbonyl (C=O) groups excluding carboxylic acids is 2. The molecule has 1 amide bonds. The van der Waals surface area contributed by atoms with Crippen molar-refractivity contribution < 1.29 is 14.3 Å². The Morgan fingerprint density at radius 3 is 1.73 bits per heavy atom. The molecule has 0 bridgehead atoms. The Kier molecular flexibility index (Phi) is 4.23. The number of nitrogens with zero attached hydrogens (tertiary/aromatic N) is 1. The molecule has 1 fully saturated rings. The fourth-order valence-electron chi connectivity index (χ4n) is 3.32. The minimum atomic E-state index is -0.838. The molecule has 26 heavy (non-hydrogen) atoms. The number of carbonyl (C=O) groups is 2. The molecular formula is C22H17NO3. The number of hydrogen-bond donors (Lipinski definition) is 0. The minimum absolute atomic E-state index is 0.439. The first-order chi connectivity index (χ1) is 12.8. The van der Waals surface area contributed by atoms with E-state index in [1.165, 1.54) is 0 Å². The third-order valence-corrected chi connectivity index (χ3v) is 4.50. The Balaban J connectivity index is 1.89. The highest BCUT2D eigenvalue weighted by molar-refractivity contribution is 6.39. The molecule has 128 valence electrons. The molecule has 1 aliphatic rings. The Morgan fingerprint density at radius 2 is 1.15 bits per heavy atom. The SMILES string of the molecule is O=C1O[C@H](c2ccccc2)[C@@H](c2ccccc2)N(c2ccccc2)C1=O. The Morgan fingerprint density at radius 1 is 0.654 bits per heavy atom. The highest BCUT2D eigenvalue weighted by atomic mass is 16.6. The third-order valence-electron chi connectivity index (χ3n) is 4.50. The number of ether oxygens (including phenoxy) is 1. The van der Waals surface area contributed by atoms with Crippen LogP contribution in [-0.4, -0.2) is 11.9 Å². The van der Waals surface area contributed by atoms with Crippen LogP contribution in [0.15, 0.2) is 91.0 Å². The maximum Gasteiger partial charge on any atom is 0.398 e. The van der Waals surface area contributed by atoms with E-state index in [-0.39, 0.29) is 0 Å². The zero-order valence-electron chi connectivity index (χ0n) is 14.0. The van der Waals surface area contributed by atoms with Gasteiger partial charge in [-0.25, -0.2) is 4.79 Å². The summed E-state index contributed by atoms with van der Waals surface area (Å²) in [7, 11) is 0. The van der Waals surface area contributed by atoms with Crippen LogP contribution < -0.4 is 4.90 Å². The van der Waals surface area contributed by atoms with Gasteiger partial charge in [-0.05, 0) is 23.3 Å². The second kappa shape index (κ2) is 6.84. The van der Waals surface area contributed by atoms with E-state index < -0.39 is 24.0 Å². The predicted molar refractivity (Wildman–Crippen MR) is 98.4 cm³/mol. The maximum absolute atomic E-state index is 12.7. The second-order valence-electron chi connectivity index (χ2n) is 6.10. The molecule has 0 aromatic heterocycles. The molecule has 1 saturated heterocycles. The van der Waals surface area contributed by atoms with Crippen molar-refractivity contribution in [3.8, 4) is 0 Å². The first kappa shape index (κ1) is 16.1. The standard InChI is InChI=1S/C22H17NO3/c24-21-22(25)26-20(17-12-6-2-7-13-17)19(16-10-4-1-5-11-16)23(21)18-14-8-3-9-15-18/h1-15,19-20H/t19-,20-/m1/s1. The largest absolute Gasteiger partial charge is 0.448 e. The lowest BCUT2D eigenvalue weighted by Gasteiger charge is -2.40. The molecule has 3 aromatic carbocycles. The Hall–Kier alpha value is -3.40. The van der Waals surface area contributed by atoms with E-state index in [2.05, 4.69) is 0 Å². The van der Waals surface area contributed by atoms with Crippen molar-refractivity contribution in [2.45, 2.75) is 12.1 Å². The van der Waals surface area contributed by atoms with Crippen LogP contribution in [0, 0.1) is 0 Å². The number of cyclic esters (lactones) is 1. The van der Waals surface area contributed by atoms with Gasteiger partial charge in [-0.2, -0.15) is 0 Å². The van der Waals surface area contributed by atoms with Gasteiger partial charge in [0.05, 0.1) is 0 Å². The van der Waals surface area contributed by atoms with Crippen LogP contribution in [-0.2, 0) is 14.3 Å². The lowest BCUT2D eigenvalue weighted by molar-refractivity contribution is -0.164. The fraction of sp³-hybridized carbons (Fsp3) is 0.0909. The van der Waals surface area contributed by atoms with E-state index >= 15 is 0 Å². The molecule has 0 N–H and O–H groups in total. The Bertz CT molecular complexity index is 910. The van der Waals surface area contributed by atoms with Crippen molar-refractivity contribution in [2.75, 3.05) is 4.90 Å². The molecule has 2 atom stereocenters. The fourth-order valence-corrected chi connectivity index (χ4v) is 3.32. The summed E-state index contributed by atoms with van der Waals surface area (Å²) in [5.41, 5.74) is 2.43. The first-order valence-corrected chi connectivity index (χ1v) is 8.45. The smallest absolute Gasteiger partial charge is 0.398 e. The number of amides is 1. The summed E-state index contributed by atoms with van der Waals surface area (Å²) in [4.78, 5) is 26.6. The normalized spacial score (nSPS) is 19.9. The monoisotopic (exact) mass is 343 g/mol. The predicted octanol–water partition coefficient (Wildman–Crippen LogP) is 4.06. The van der Waals surface area contributed by atoms with Crippen molar-refractivity contribution in [2.24, 2.45) is 0 Å². The molecule has 0 aliphatic carbocycles. The van der Waals surface area contributed by atoms with Crippen LogP contribution in [0.4, 0.5) is 5.69 Å². The van der Waals surface area contributed by atoms with Gasteiger partial charge in [0.25, 0.3) is 0 Å². The van der Waals surface area contributed by atoms with Gasteiger partial charge in [-0.1, -0.05) is 78.9 Å². The summed E-state index contributed by atoms with van der Waals surface area (Å²) in [6.07, 6.45) is -0.580. The lowest BCUT2D eigenvalue weighted by atomic mass is 9.92. The van der Waals surface area contributed by atoms with Crippen molar-refractivity contribution in [1.82, 2.24) is 0 Å². The average molecular weight is 343 g/mol. The van der Waals surface area contributed by atoms with Crippen LogP contribution in [0.5, 0.6) is 0 Å². The molecule has 1 aliphatic heterocycles. The number of esters is 1. The summed E-state index contributed by atoms with van der Waals surface area (Å²) < 4.78 is 5.57. The van der Waals surface area contributed by atoms with E-state index in [9.17, 15) is 9.59 Å². The zero-order chi connectivity index (χ0) is 17.9. The van der Waals surface area contributed by atoms with Gasteiger partial charge in [-0.15, -0.1) is 0 Å². The van der Waals surface area contributed by atoms with Crippen LogP contribution in [0.25, 0.3) is 0 Å². The second-order valence-corrected chi connectivity index (χ2v) is 6.10. The highest BCUT2D eigenvalue weighted by Gasteiger charge is 2.44. The van der Waals surface area contributed by atoms with Gasteiger partial charge in [0.15, 0.2) is 6.10 Å². The van der Waals surface area contributed by atoms with E-state index in [0.29, 0.717) is 5.69 Å². The van der Waals surface area contributed by atoms with Crippen molar-refractivity contribution >= 4 is 17.6 Å². The molecule has 3 aromatic rings. The molecule has 0 saturated carbocycles. The van der Waals surface area contributed by atoms with Gasteiger partial charge < -0.3 is 4.74 Å². The molecule has 1 heterocycles. The van der Waals surface area contributed by atoms with Gasteiger partial charge >= 0.3 is 11.9 Å². The third kappa shape index (κ3) is 2.86. The number of rotatable bonds is 3. The molecule has 4 rings (SSSR count). The number of morpholine rings is 1. The van der Waals surface area contributed by atoms with E-state index in [4.69, 9.17) is 4.74 Å². The average Bonchev–Trinajstić information content (AvgIpc) is 2.71. The van der Waals surface area contributed by atoms with E-state index in [0.717, 1.165) is 11.1 Å². The molecule has 0 unspecified atom stereocenters. The molecule has 0 spiro atoms. The molecule has 0 radical (unpaired) electrons. The summed E-state index contributed by atoms with van der Waals surface area (Å²) in [5.74, 6) is -1.49. The number of benzene rings is 3. The number of anilines is 1. The maximum atomic E-state index is 12.7. The number of hydrogen-bond acceptors (Lipinski definition) is 3. The van der Waals surface area contributed by atoms with Gasteiger partial charge in [0.2, 0.25) is 0 Å². The van der Waals surface area contributed by atoms with Gasteiger partial charge in [0, 0.05) is 5.69 Å². The molecule has 4 heteroatoms. The zero-order valence-corrected chi connectivity index (χ0v) is 14.0. The van der Waals surface area contributed by atoms with Crippen LogP contribution >= 0.6 is 0 Å². The minimum Gasteiger partial charge on any atom is -0.448 e. The van der Waals surface area contributed by atoms with Crippen LogP contribution in [0.2, 0.25) is 0 Å². The number of para-hydroxylation sites is 1. The quantitative estimate of drug-likeness (QED) is 0.532. The molecular weight excluding hydrogens is 326 g/mol. The van der Waals surface area contributed by atoms with Crippen molar-refractivity contribution in [3.63, 3.8) is 0 Å². The summed E-state index contributed by atoms with van der Waals surface area (Å²) in [6.45, 7) is 0. The van der Waals surface area contributed by atoms with Crippen LogP contribution in [0.1, 0.15) is 23.3 Å². The van der Waals surface area contributed by atoms with Crippen molar-refractivity contribution in [3.05, 3.63) is 102 Å². The van der Waals surface area contributed by atoms with Crippen molar-refractivity contribution in [1.29, 1.82) is 0 Å². The Labute approximate surface area is 151 Å². The summed E-state index contributed by atoms with van der Waals surface area (Å²) in [5, 5.41) is 0. The van der Waals surface area contributed by atoms with Crippen LogP contribution in [0.3, 0.4) is 0 Å². The topological polar surface area (TPSA) is 46.6 Å². The first-order valence-electron chi connectivity index (χ1n) is 8.45. The lowest BCUT2D eigenvalue weighted by Crippen LogP contribution is -2.48. The molecule has 4 nitrogen and oxygen atoms in total. The summed E-state index contributed by atoms with van der Waals surface area (Å²) in [6, 6.07) is 28.0. The van der Waals surface area contributed by atoms with E-state index in [1.54, 1.807) is 4.90 Å². The van der Waals surface area contributed by atoms with E-state index in [1.807, 2.05) is 91.0 Å². The van der Waals surface area contributed by atoms with Gasteiger partial charge in [0.1, 0.15) is 6.04 Å². The van der Waals surface area contributed by atoms with Gasteiger partial charge in [-0.3, -0.25) is 9.69 Å². The summed E-state index contributed by atoms with van der Waals surface area (Å²) >= 11 is 0.